The van der Waals surface area contributed by atoms with Crippen molar-refractivity contribution in [2.45, 2.75) is 12.5 Å². The largest absolute Gasteiger partial charge is 0.382 e. The lowest BCUT2D eigenvalue weighted by molar-refractivity contribution is -0.120. The van der Waals surface area contributed by atoms with Crippen molar-refractivity contribution in [2.75, 3.05) is 17.2 Å². The molecule has 1 unspecified atom stereocenters. The molecule has 1 aliphatic rings. The zero-order valence-corrected chi connectivity index (χ0v) is 7.68. The minimum absolute atomic E-state index is 0.221. The van der Waals surface area contributed by atoms with Crippen LogP contribution in [0.2, 0.25) is 0 Å². The third kappa shape index (κ3) is 1.26. The first kappa shape index (κ1) is 8.80. The number of carbonyl (C=O) groups is 1. The molecule has 5 nitrogen and oxygen atoms in total. The summed E-state index contributed by atoms with van der Waals surface area (Å²) in [6, 6.07) is 3.42. The molecule has 1 aliphatic heterocycles. The Morgan fingerprint density at radius 1 is 1.64 bits per heavy atom. The van der Waals surface area contributed by atoms with Crippen LogP contribution in [0.25, 0.3) is 0 Å². The van der Waals surface area contributed by atoms with Crippen LogP contribution in [-0.4, -0.2) is 23.5 Å². The molecule has 1 amide bonds. The fourth-order valence-corrected chi connectivity index (χ4v) is 1.62. The number of primary amides is 1. The van der Waals surface area contributed by atoms with Crippen molar-refractivity contribution in [2.24, 2.45) is 5.73 Å². The summed E-state index contributed by atoms with van der Waals surface area (Å²) in [5, 5.41) is 0. The molecular weight excluding hydrogens is 180 g/mol. The number of hydrogen-bond donors (Lipinski definition) is 2. The van der Waals surface area contributed by atoms with E-state index >= 15 is 0 Å². The second-order valence-corrected chi connectivity index (χ2v) is 3.31. The topological polar surface area (TPSA) is 85.2 Å². The van der Waals surface area contributed by atoms with Crippen molar-refractivity contribution in [1.82, 2.24) is 4.98 Å². The molecule has 0 radical (unpaired) electrons. The van der Waals surface area contributed by atoms with E-state index in [4.69, 9.17) is 11.5 Å². The summed E-state index contributed by atoms with van der Waals surface area (Å²) in [5.74, 6) is 0.137. The SMILES string of the molecule is NC(=O)C1CCN1c1cccnc1N. The molecule has 74 valence electrons. The van der Waals surface area contributed by atoms with Gasteiger partial charge in [-0.1, -0.05) is 0 Å². The van der Waals surface area contributed by atoms with Gasteiger partial charge in [0.25, 0.3) is 0 Å². The fourth-order valence-electron chi connectivity index (χ4n) is 1.62. The molecule has 1 atom stereocenters. The van der Waals surface area contributed by atoms with E-state index in [0.717, 1.165) is 18.7 Å². The minimum atomic E-state index is -0.306. The predicted molar refractivity (Wildman–Crippen MR) is 53.6 cm³/mol. The second-order valence-electron chi connectivity index (χ2n) is 3.31. The number of nitrogens with two attached hydrogens (primary N) is 2. The Bertz CT molecular complexity index is 366. The standard InChI is InChI=1S/C9H12N4O/c10-8-6(2-1-4-12-8)13-5-3-7(13)9(11)14/h1-2,4,7H,3,5H2,(H2,10,12)(H2,11,14). The quantitative estimate of drug-likeness (QED) is 0.675. The van der Waals surface area contributed by atoms with Gasteiger partial charge in [0.05, 0.1) is 5.69 Å². The molecule has 0 aliphatic carbocycles. The molecule has 1 aromatic heterocycles. The Hall–Kier alpha value is -1.78. The van der Waals surface area contributed by atoms with Gasteiger partial charge in [0.1, 0.15) is 11.9 Å². The van der Waals surface area contributed by atoms with Gasteiger partial charge in [-0.25, -0.2) is 4.98 Å². The number of hydrogen-bond acceptors (Lipinski definition) is 4. The number of rotatable bonds is 2. The molecule has 2 heterocycles. The Morgan fingerprint density at radius 3 is 2.93 bits per heavy atom. The van der Waals surface area contributed by atoms with E-state index in [1.165, 1.54) is 0 Å². The van der Waals surface area contributed by atoms with Gasteiger partial charge >= 0.3 is 0 Å². The van der Waals surface area contributed by atoms with Gasteiger partial charge in [0.15, 0.2) is 0 Å². The summed E-state index contributed by atoms with van der Waals surface area (Å²) >= 11 is 0. The molecule has 1 fully saturated rings. The van der Waals surface area contributed by atoms with Crippen LogP contribution in [0.1, 0.15) is 6.42 Å². The molecule has 0 saturated carbocycles. The molecule has 0 bridgehead atoms. The molecule has 0 spiro atoms. The highest BCUT2D eigenvalue weighted by Gasteiger charge is 2.33. The number of carbonyl (C=O) groups excluding carboxylic acids is 1. The molecule has 2 rings (SSSR count). The first-order chi connectivity index (χ1) is 6.70. The number of nitrogen functional groups attached to an aromatic ring is 1. The molecule has 0 aromatic carbocycles. The Kier molecular flexibility index (Phi) is 1.99. The first-order valence-electron chi connectivity index (χ1n) is 4.46. The van der Waals surface area contributed by atoms with Crippen molar-refractivity contribution >= 4 is 17.4 Å². The predicted octanol–water partition coefficient (Wildman–Crippen LogP) is -0.272. The van der Waals surface area contributed by atoms with E-state index in [9.17, 15) is 4.79 Å². The average molecular weight is 192 g/mol. The zero-order valence-electron chi connectivity index (χ0n) is 7.68. The van der Waals surface area contributed by atoms with E-state index < -0.39 is 0 Å². The fraction of sp³-hybridized carbons (Fsp3) is 0.333. The smallest absolute Gasteiger partial charge is 0.240 e. The highest BCUT2D eigenvalue weighted by atomic mass is 16.1. The Balaban J connectivity index is 2.24. The van der Waals surface area contributed by atoms with Gasteiger partial charge in [0, 0.05) is 12.7 Å². The maximum atomic E-state index is 11.0. The summed E-state index contributed by atoms with van der Waals surface area (Å²) in [6.45, 7) is 0.809. The molecule has 1 saturated heterocycles. The summed E-state index contributed by atoms with van der Waals surface area (Å²) in [4.78, 5) is 16.8. The van der Waals surface area contributed by atoms with Crippen LogP contribution in [0.15, 0.2) is 18.3 Å². The van der Waals surface area contributed by atoms with Gasteiger partial charge in [-0.05, 0) is 18.6 Å². The summed E-state index contributed by atoms with van der Waals surface area (Å²) < 4.78 is 0. The van der Waals surface area contributed by atoms with Crippen LogP contribution in [0.4, 0.5) is 11.5 Å². The summed E-state index contributed by atoms with van der Waals surface area (Å²) in [6.07, 6.45) is 2.42. The van der Waals surface area contributed by atoms with Crippen LogP contribution >= 0.6 is 0 Å². The van der Waals surface area contributed by atoms with E-state index in [1.807, 2.05) is 11.0 Å². The van der Waals surface area contributed by atoms with Crippen LogP contribution in [0.5, 0.6) is 0 Å². The molecule has 5 heteroatoms. The monoisotopic (exact) mass is 192 g/mol. The van der Waals surface area contributed by atoms with Crippen molar-refractivity contribution in [3.8, 4) is 0 Å². The highest BCUT2D eigenvalue weighted by Crippen LogP contribution is 2.29. The van der Waals surface area contributed by atoms with Crippen molar-refractivity contribution in [3.05, 3.63) is 18.3 Å². The number of nitrogens with zero attached hydrogens (tertiary/aromatic N) is 2. The van der Waals surface area contributed by atoms with Crippen molar-refractivity contribution in [3.63, 3.8) is 0 Å². The first-order valence-corrected chi connectivity index (χ1v) is 4.46. The van der Waals surface area contributed by atoms with Crippen LogP contribution < -0.4 is 16.4 Å². The van der Waals surface area contributed by atoms with Gasteiger partial charge in [-0.3, -0.25) is 4.79 Å². The lowest BCUT2D eigenvalue weighted by Crippen LogP contribution is -2.55. The molecular formula is C9H12N4O. The van der Waals surface area contributed by atoms with Gasteiger partial charge < -0.3 is 16.4 Å². The van der Waals surface area contributed by atoms with Crippen molar-refractivity contribution < 1.29 is 4.79 Å². The van der Waals surface area contributed by atoms with E-state index in [0.29, 0.717) is 5.82 Å². The summed E-state index contributed by atoms with van der Waals surface area (Å²) in [7, 11) is 0. The number of pyridine rings is 1. The number of anilines is 2. The normalized spacial score (nSPS) is 20.3. The number of aromatic nitrogens is 1. The maximum Gasteiger partial charge on any atom is 0.240 e. The lowest BCUT2D eigenvalue weighted by Gasteiger charge is -2.40. The zero-order chi connectivity index (χ0) is 10.1. The van der Waals surface area contributed by atoms with E-state index in [1.54, 1.807) is 12.3 Å². The van der Waals surface area contributed by atoms with Crippen LogP contribution in [0, 0.1) is 0 Å². The average Bonchev–Trinajstić information content (AvgIpc) is 2.05. The Morgan fingerprint density at radius 2 is 2.43 bits per heavy atom. The van der Waals surface area contributed by atoms with Gasteiger partial charge in [-0.2, -0.15) is 0 Å². The number of amides is 1. The minimum Gasteiger partial charge on any atom is -0.382 e. The maximum absolute atomic E-state index is 11.0. The van der Waals surface area contributed by atoms with Gasteiger partial charge in [-0.15, -0.1) is 0 Å². The second kappa shape index (κ2) is 3.17. The highest BCUT2D eigenvalue weighted by molar-refractivity contribution is 5.86. The van der Waals surface area contributed by atoms with Crippen LogP contribution in [-0.2, 0) is 4.79 Å². The molecule has 1 aromatic rings. The molecule has 4 N–H and O–H groups in total. The molecule has 14 heavy (non-hydrogen) atoms. The van der Waals surface area contributed by atoms with E-state index in [2.05, 4.69) is 4.98 Å². The van der Waals surface area contributed by atoms with Crippen LogP contribution in [0.3, 0.4) is 0 Å². The summed E-state index contributed by atoms with van der Waals surface area (Å²) in [5.41, 5.74) is 11.7. The van der Waals surface area contributed by atoms with E-state index in [-0.39, 0.29) is 11.9 Å². The van der Waals surface area contributed by atoms with Gasteiger partial charge in [0.2, 0.25) is 5.91 Å². The lowest BCUT2D eigenvalue weighted by atomic mass is 10.0. The third-order valence-electron chi connectivity index (χ3n) is 2.47. The van der Waals surface area contributed by atoms with Crippen molar-refractivity contribution in [1.29, 1.82) is 0 Å². The Labute approximate surface area is 81.7 Å². The third-order valence-corrected chi connectivity index (χ3v) is 2.47.